The lowest BCUT2D eigenvalue weighted by molar-refractivity contribution is -0.384. The molecule has 0 heterocycles. The quantitative estimate of drug-likeness (QED) is 0.588. The van der Waals surface area contributed by atoms with E-state index in [0.29, 0.717) is 5.75 Å². The number of amides is 1. The van der Waals surface area contributed by atoms with Crippen molar-refractivity contribution in [2.75, 3.05) is 19.0 Å². The Kier molecular flexibility index (Phi) is 5.92. The molecule has 1 unspecified atom stereocenters. The van der Waals surface area contributed by atoms with E-state index in [-0.39, 0.29) is 29.9 Å². The first-order chi connectivity index (χ1) is 9.47. The van der Waals surface area contributed by atoms with Gasteiger partial charge in [-0.15, -0.1) is 0 Å². The number of nitro benzene ring substituents is 1. The van der Waals surface area contributed by atoms with Crippen LogP contribution in [0.2, 0.25) is 0 Å². The van der Waals surface area contributed by atoms with Crippen molar-refractivity contribution in [3.8, 4) is 5.75 Å². The van der Waals surface area contributed by atoms with Gasteiger partial charge in [0.2, 0.25) is 5.91 Å². The highest BCUT2D eigenvalue weighted by Gasteiger charge is 2.17. The van der Waals surface area contributed by atoms with Gasteiger partial charge in [-0.2, -0.15) is 0 Å². The molecule has 0 saturated carbocycles. The van der Waals surface area contributed by atoms with Crippen LogP contribution in [0.1, 0.15) is 20.3 Å². The molecule has 20 heavy (non-hydrogen) atoms. The Bertz CT molecular complexity index is 491. The standard InChI is InChI=1S/C13H19N3O4/c1-4-9(2)14-8-13(17)15-11-6-5-10(20-3)7-12(11)16(18)19/h5-7,9,14H,4,8H2,1-3H3,(H,15,17). The highest BCUT2D eigenvalue weighted by Crippen LogP contribution is 2.28. The van der Waals surface area contributed by atoms with Crippen LogP contribution in [0.3, 0.4) is 0 Å². The molecule has 7 nitrogen and oxygen atoms in total. The van der Waals surface area contributed by atoms with Gasteiger partial charge >= 0.3 is 0 Å². The van der Waals surface area contributed by atoms with Crippen molar-refractivity contribution in [2.45, 2.75) is 26.3 Å². The average molecular weight is 281 g/mol. The molecule has 0 aromatic heterocycles. The van der Waals surface area contributed by atoms with Crippen molar-refractivity contribution in [1.29, 1.82) is 0 Å². The second-order valence-electron chi connectivity index (χ2n) is 4.38. The summed E-state index contributed by atoms with van der Waals surface area (Å²) in [4.78, 5) is 22.1. The molecular weight excluding hydrogens is 262 g/mol. The first-order valence-electron chi connectivity index (χ1n) is 6.33. The minimum absolute atomic E-state index is 0.109. The van der Waals surface area contributed by atoms with Gasteiger partial charge in [0.1, 0.15) is 11.4 Å². The molecule has 0 aliphatic rings. The maximum Gasteiger partial charge on any atom is 0.296 e. The zero-order chi connectivity index (χ0) is 15.1. The number of hydrogen-bond acceptors (Lipinski definition) is 5. The summed E-state index contributed by atoms with van der Waals surface area (Å²) in [6, 6.07) is 4.51. The van der Waals surface area contributed by atoms with Gasteiger partial charge in [-0.3, -0.25) is 14.9 Å². The van der Waals surface area contributed by atoms with Crippen LogP contribution in [0.25, 0.3) is 0 Å². The molecule has 2 N–H and O–H groups in total. The molecule has 0 fully saturated rings. The first-order valence-corrected chi connectivity index (χ1v) is 6.33. The Morgan fingerprint density at radius 1 is 1.50 bits per heavy atom. The van der Waals surface area contributed by atoms with E-state index < -0.39 is 4.92 Å². The smallest absolute Gasteiger partial charge is 0.296 e. The van der Waals surface area contributed by atoms with E-state index in [2.05, 4.69) is 10.6 Å². The zero-order valence-electron chi connectivity index (χ0n) is 11.8. The number of rotatable bonds is 7. The van der Waals surface area contributed by atoms with Gasteiger partial charge in [-0.05, 0) is 25.5 Å². The predicted molar refractivity (Wildman–Crippen MR) is 76.0 cm³/mol. The van der Waals surface area contributed by atoms with Crippen molar-refractivity contribution in [1.82, 2.24) is 5.32 Å². The maximum absolute atomic E-state index is 11.7. The third-order valence-electron chi connectivity index (χ3n) is 2.90. The summed E-state index contributed by atoms with van der Waals surface area (Å²) in [6.45, 7) is 4.07. The molecule has 1 amide bonds. The van der Waals surface area contributed by atoms with Gasteiger partial charge in [0, 0.05) is 6.04 Å². The molecule has 0 aliphatic carbocycles. The number of carbonyl (C=O) groups excluding carboxylic acids is 1. The van der Waals surface area contributed by atoms with Gasteiger partial charge in [-0.1, -0.05) is 6.92 Å². The molecule has 0 spiro atoms. The van der Waals surface area contributed by atoms with E-state index in [1.54, 1.807) is 6.07 Å². The van der Waals surface area contributed by atoms with E-state index in [1.165, 1.54) is 19.2 Å². The number of methoxy groups -OCH3 is 1. The third-order valence-corrected chi connectivity index (χ3v) is 2.90. The van der Waals surface area contributed by atoms with E-state index in [9.17, 15) is 14.9 Å². The van der Waals surface area contributed by atoms with Crippen LogP contribution in [-0.2, 0) is 4.79 Å². The number of nitrogens with one attached hydrogen (secondary N) is 2. The van der Waals surface area contributed by atoms with Gasteiger partial charge in [0.25, 0.3) is 5.69 Å². The molecule has 0 saturated heterocycles. The highest BCUT2D eigenvalue weighted by molar-refractivity contribution is 5.94. The van der Waals surface area contributed by atoms with E-state index >= 15 is 0 Å². The molecule has 0 aliphatic heterocycles. The lowest BCUT2D eigenvalue weighted by atomic mass is 10.2. The fourth-order valence-corrected chi connectivity index (χ4v) is 1.50. The van der Waals surface area contributed by atoms with Gasteiger partial charge in [0.15, 0.2) is 0 Å². The molecule has 1 aromatic carbocycles. The molecule has 0 radical (unpaired) electrons. The second-order valence-corrected chi connectivity index (χ2v) is 4.38. The molecule has 110 valence electrons. The summed E-state index contributed by atoms with van der Waals surface area (Å²) in [7, 11) is 1.42. The summed E-state index contributed by atoms with van der Waals surface area (Å²) < 4.78 is 4.93. The molecule has 1 atom stereocenters. The van der Waals surface area contributed by atoms with Gasteiger partial charge < -0.3 is 15.4 Å². The summed E-state index contributed by atoms with van der Waals surface area (Å²) in [5.74, 6) is 0.0472. The van der Waals surface area contributed by atoms with Crippen molar-refractivity contribution in [2.24, 2.45) is 0 Å². The van der Waals surface area contributed by atoms with Crippen molar-refractivity contribution in [3.63, 3.8) is 0 Å². The largest absolute Gasteiger partial charge is 0.496 e. The average Bonchev–Trinajstić information content (AvgIpc) is 2.44. The normalized spacial score (nSPS) is 11.8. The number of hydrogen-bond donors (Lipinski definition) is 2. The number of carbonyl (C=O) groups is 1. The zero-order valence-corrected chi connectivity index (χ0v) is 11.8. The Labute approximate surface area is 117 Å². The predicted octanol–water partition coefficient (Wildman–Crippen LogP) is 1.93. The molecule has 1 rings (SSSR count). The van der Waals surface area contributed by atoms with Crippen molar-refractivity contribution in [3.05, 3.63) is 28.3 Å². The topological polar surface area (TPSA) is 93.5 Å². The van der Waals surface area contributed by atoms with Crippen LogP contribution in [0.4, 0.5) is 11.4 Å². The lowest BCUT2D eigenvalue weighted by Crippen LogP contribution is -2.34. The summed E-state index contributed by atoms with van der Waals surface area (Å²) >= 11 is 0. The van der Waals surface area contributed by atoms with Crippen LogP contribution < -0.4 is 15.4 Å². The number of nitro groups is 1. The van der Waals surface area contributed by atoms with Gasteiger partial charge in [0.05, 0.1) is 24.6 Å². The van der Waals surface area contributed by atoms with Crippen LogP contribution in [0.5, 0.6) is 5.75 Å². The van der Waals surface area contributed by atoms with E-state index in [0.717, 1.165) is 6.42 Å². The monoisotopic (exact) mass is 281 g/mol. The lowest BCUT2D eigenvalue weighted by Gasteiger charge is -2.11. The minimum Gasteiger partial charge on any atom is -0.496 e. The molecule has 1 aromatic rings. The van der Waals surface area contributed by atoms with Crippen LogP contribution in [0, 0.1) is 10.1 Å². The van der Waals surface area contributed by atoms with E-state index in [4.69, 9.17) is 4.74 Å². The Hall–Kier alpha value is -2.15. The fourth-order valence-electron chi connectivity index (χ4n) is 1.50. The molecule has 0 bridgehead atoms. The Morgan fingerprint density at radius 2 is 2.20 bits per heavy atom. The van der Waals surface area contributed by atoms with Crippen LogP contribution in [0.15, 0.2) is 18.2 Å². The summed E-state index contributed by atoms with van der Waals surface area (Å²) in [5.41, 5.74) is -0.0343. The first kappa shape index (κ1) is 15.9. The number of ether oxygens (including phenoxy) is 1. The van der Waals surface area contributed by atoms with Crippen molar-refractivity contribution < 1.29 is 14.5 Å². The highest BCUT2D eigenvalue weighted by atomic mass is 16.6. The molecular formula is C13H19N3O4. The summed E-state index contributed by atoms with van der Waals surface area (Å²) in [6.07, 6.45) is 0.899. The third kappa shape index (κ3) is 4.51. The maximum atomic E-state index is 11.7. The number of anilines is 1. The SMILES string of the molecule is CCC(C)NCC(=O)Nc1ccc(OC)cc1[N+](=O)[O-]. The Balaban J connectivity index is 2.76. The molecule has 7 heteroatoms. The minimum atomic E-state index is -0.555. The van der Waals surface area contributed by atoms with Crippen LogP contribution in [-0.4, -0.2) is 30.5 Å². The second kappa shape index (κ2) is 7.44. The van der Waals surface area contributed by atoms with E-state index in [1.807, 2.05) is 13.8 Å². The van der Waals surface area contributed by atoms with Crippen molar-refractivity contribution >= 4 is 17.3 Å². The summed E-state index contributed by atoms with van der Waals surface area (Å²) in [5, 5.41) is 16.5. The number of nitrogens with zero attached hydrogens (tertiary/aromatic N) is 1. The van der Waals surface area contributed by atoms with Gasteiger partial charge in [-0.25, -0.2) is 0 Å². The Morgan fingerprint density at radius 3 is 2.75 bits per heavy atom. The van der Waals surface area contributed by atoms with Crippen LogP contribution >= 0.6 is 0 Å². The fraction of sp³-hybridized carbons (Fsp3) is 0.462. The number of benzene rings is 1.